The van der Waals surface area contributed by atoms with Crippen molar-refractivity contribution in [2.45, 2.75) is 0 Å². The van der Waals surface area contributed by atoms with Crippen LogP contribution in [0.3, 0.4) is 0 Å². The van der Waals surface area contributed by atoms with Crippen molar-refractivity contribution >= 4 is 44.1 Å². The number of benzene rings is 2. The molecule has 0 radical (unpaired) electrons. The van der Waals surface area contributed by atoms with Gasteiger partial charge in [-0.05, 0) is 35.9 Å². The molecule has 2 aromatic carbocycles. The van der Waals surface area contributed by atoms with Crippen molar-refractivity contribution in [2.24, 2.45) is 0 Å². The monoisotopic (exact) mass is 358 g/mol. The Morgan fingerprint density at radius 1 is 0.952 bits per heavy atom. The third-order valence-electron chi connectivity index (χ3n) is 3.31. The van der Waals surface area contributed by atoms with E-state index in [2.05, 4.69) is 31.1 Å². The second-order valence-electron chi connectivity index (χ2n) is 4.59. The van der Waals surface area contributed by atoms with E-state index in [1.807, 2.05) is 48.5 Å². The van der Waals surface area contributed by atoms with Crippen LogP contribution in [0.1, 0.15) is 0 Å². The molecule has 0 saturated carbocycles. The summed E-state index contributed by atoms with van der Waals surface area (Å²) in [6.45, 7) is 0. The lowest BCUT2D eigenvalue weighted by Gasteiger charge is -2.04. The Bertz CT molecular complexity index is 963. The molecule has 0 bridgehead atoms. The lowest BCUT2D eigenvalue weighted by Crippen LogP contribution is -1.95. The van der Waals surface area contributed by atoms with Gasteiger partial charge in [-0.3, -0.25) is 0 Å². The first-order chi connectivity index (χ1) is 10.2. The van der Waals surface area contributed by atoms with Crippen LogP contribution in [-0.2, 0) is 0 Å². The van der Waals surface area contributed by atoms with E-state index >= 15 is 0 Å². The average molecular weight is 360 g/mol. The summed E-state index contributed by atoms with van der Waals surface area (Å²) in [6.07, 6.45) is 0. The third kappa shape index (κ3) is 2.01. The van der Waals surface area contributed by atoms with Crippen molar-refractivity contribution in [3.63, 3.8) is 0 Å². The predicted octanol–water partition coefficient (Wildman–Crippen LogP) is 4.36. The summed E-state index contributed by atoms with van der Waals surface area (Å²) >= 11 is 9.75. The normalized spacial score (nSPS) is 11.3. The number of nitrogens with zero attached hydrogens (tertiary/aromatic N) is 4. The van der Waals surface area contributed by atoms with Crippen molar-refractivity contribution < 1.29 is 0 Å². The Balaban J connectivity index is 2.08. The second kappa shape index (κ2) is 4.79. The molecule has 0 saturated heterocycles. The maximum atomic E-state index is 6.33. The van der Waals surface area contributed by atoms with Crippen LogP contribution >= 0.6 is 27.5 Å². The molecule has 0 atom stereocenters. The number of fused-ring (bicyclic) bond motifs is 3. The topological polar surface area (TPSA) is 43.1 Å². The lowest BCUT2D eigenvalue weighted by molar-refractivity contribution is 1.09. The van der Waals surface area contributed by atoms with Crippen LogP contribution in [-0.4, -0.2) is 19.6 Å². The Morgan fingerprint density at radius 2 is 1.71 bits per heavy atom. The van der Waals surface area contributed by atoms with E-state index in [1.165, 1.54) is 0 Å². The molecule has 21 heavy (non-hydrogen) atoms. The summed E-state index contributed by atoms with van der Waals surface area (Å²) in [6, 6.07) is 15.6. The molecule has 2 heterocycles. The van der Waals surface area contributed by atoms with Crippen LogP contribution in [0.15, 0.2) is 53.0 Å². The maximum Gasteiger partial charge on any atom is 0.210 e. The number of para-hydroxylation sites is 1. The van der Waals surface area contributed by atoms with Crippen molar-refractivity contribution in [3.8, 4) is 11.4 Å². The van der Waals surface area contributed by atoms with Gasteiger partial charge in [0.25, 0.3) is 0 Å². The molecule has 0 N–H and O–H groups in total. The smallest absolute Gasteiger partial charge is 0.210 e. The fraction of sp³-hybridized carbons (Fsp3) is 0. The van der Waals surface area contributed by atoms with Gasteiger partial charge in [0.15, 0.2) is 11.5 Å². The van der Waals surface area contributed by atoms with Gasteiger partial charge in [0.2, 0.25) is 5.28 Å². The minimum absolute atomic E-state index is 0.353. The minimum Gasteiger partial charge on any atom is -0.248 e. The van der Waals surface area contributed by atoms with E-state index in [1.54, 1.807) is 4.40 Å². The Kier molecular flexibility index (Phi) is 2.90. The number of rotatable bonds is 1. The summed E-state index contributed by atoms with van der Waals surface area (Å²) in [5, 5.41) is 9.84. The van der Waals surface area contributed by atoms with E-state index in [9.17, 15) is 0 Å². The molecule has 0 amide bonds. The molecule has 0 aliphatic carbocycles. The molecule has 0 spiro atoms. The van der Waals surface area contributed by atoms with Gasteiger partial charge in [0.1, 0.15) is 0 Å². The number of hydrogen-bond donors (Lipinski definition) is 0. The summed E-state index contributed by atoms with van der Waals surface area (Å²) in [5.74, 6) is 0.681. The molecule has 0 fully saturated rings. The summed E-state index contributed by atoms with van der Waals surface area (Å²) in [5.41, 5.74) is 2.46. The fourth-order valence-corrected chi connectivity index (χ4v) is 2.84. The van der Waals surface area contributed by atoms with Crippen LogP contribution in [0.5, 0.6) is 0 Å². The maximum absolute atomic E-state index is 6.33. The van der Waals surface area contributed by atoms with Crippen molar-refractivity contribution in [3.05, 3.63) is 58.3 Å². The number of halogens is 2. The molecule has 4 nitrogen and oxygen atoms in total. The van der Waals surface area contributed by atoms with Crippen molar-refractivity contribution in [1.29, 1.82) is 0 Å². The molecule has 0 aliphatic rings. The first-order valence-corrected chi connectivity index (χ1v) is 7.46. The van der Waals surface area contributed by atoms with Gasteiger partial charge in [0.05, 0.1) is 5.52 Å². The molecule has 4 aromatic rings. The van der Waals surface area contributed by atoms with Crippen molar-refractivity contribution in [2.75, 3.05) is 0 Å². The van der Waals surface area contributed by atoms with E-state index < -0.39 is 0 Å². The largest absolute Gasteiger partial charge is 0.248 e. The first-order valence-electron chi connectivity index (χ1n) is 6.29. The van der Waals surface area contributed by atoms with Gasteiger partial charge in [-0.2, -0.15) is 0 Å². The van der Waals surface area contributed by atoms with E-state index in [-0.39, 0.29) is 0 Å². The highest BCUT2D eigenvalue weighted by Crippen LogP contribution is 2.27. The summed E-state index contributed by atoms with van der Waals surface area (Å²) < 4.78 is 2.78. The molecule has 2 aromatic heterocycles. The van der Waals surface area contributed by atoms with Crippen molar-refractivity contribution in [1.82, 2.24) is 19.6 Å². The van der Waals surface area contributed by atoms with E-state index in [4.69, 9.17) is 11.6 Å². The quantitative estimate of drug-likeness (QED) is 0.474. The van der Waals surface area contributed by atoms with Gasteiger partial charge in [-0.1, -0.05) is 40.2 Å². The highest BCUT2D eigenvalue weighted by molar-refractivity contribution is 9.10. The van der Waals surface area contributed by atoms with Gasteiger partial charge in [-0.25, -0.2) is 9.38 Å². The molecule has 0 aliphatic heterocycles. The van der Waals surface area contributed by atoms with Gasteiger partial charge < -0.3 is 0 Å². The molecule has 0 unspecified atom stereocenters. The summed E-state index contributed by atoms with van der Waals surface area (Å²) in [4.78, 5) is 4.42. The van der Waals surface area contributed by atoms with Gasteiger partial charge in [-0.15, -0.1) is 10.2 Å². The second-order valence-corrected chi connectivity index (χ2v) is 5.84. The van der Waals surface area contributed by atoms with Crippen LogP contribution in [0.2, 0.25) is 5.28 Å². The zero-order valence-corrected chi connectivity index (χ0v) is 13.0. The van der Waals surface area contributed by atoms with Crippen LogP contribution in [0, 0.1) is 0 Å². The minimum atomic E-state index is 0.353. The third-order valence-corrected chi connectivity index (χ3v) is 4.09. The predicted molar refractivity (Wildman–Crippen MR) is 86.4 cm³/mol. The van der Waals surface area contributed by atoms with E-state index in [0.29, 0.717) is 16.8 Å². The van der Waals surface area contributed by atoms with Gasteiger partial charge >= 0.3 is 0 Å². The molecule has 102 valence electrons. The highest BCUT2D eigenvalue weighted by Gasteiger charge is 2.14. The zero-order valence-electron chi connectivity index (χ0n) is 10.7. The lowest BCUT2D eigenvalue weighted by atomic mass is 10.2. The molecular formula is C15H8BrClN4. The summed E-state index contributed by atoms with van der Waals surface area (Å²) in [7, 11) is 0. The zero-order chi connectivity index (χ0) is 14.4. The van der Waals surface area contributed by atoms with Gasteiger partial charge in [0, 0.05) is 15.4 Å². The standard InChI is InChI=1S/C15H8BrClN4/c16-10-7-5-9(6-8-10)13-19-20-14-11-3-1-2-4-12(11)18-15(17)21(13)14/h1-8H. The Labute approximate surface area is 133 Å². The van der Waals surface area contributed by atoms with Crippen LogP contribution in [0.25, 0.3) is 27.9 Å². The number of aromatic nitrogens is 4. The fourth-order valence-electron chi connectivity index (χ4n) is 2.33. The molecule has 6 heteroatoms. The van der Waals surface area contributed by atoms with E-state index in [0.717, 1.165) is 20.9 Å². The molecule has 4 rings (SSSR count). The SMILES string of the molecule is Clc1nc2ccccc2c2nnc(-c3ccc(Br)cc3)n12. The highest BCUT2D eigenvalue weighted by atomic mass is 79.9. The molecular weight excluding hydrogens is 352 g/mol. The number of hydrogen-bond acceptors (Lipinski definition) is 3. The average Bonchev–Trinajstić information content (AvgIpc) is 2.94. The first kappa shape index (κ1) is 12.7. The van der Waals surface area contributed by atoms with Crippen LogP contribution < -0.4 is 0 Å². The van der Waals surface area contributed by atoms with Crippen LogP contribution in [0.4, 0.5) is 0 Å². The Morgan fingerprint density at radius 3 is 2.52 bits per heavy atom. The Hall–Kier alpha value is -1.98.